The molecule has 0 unspecified atom stereocenters. The summed E-state index contributed by atoms with van der Waals surface area (Å²) in [4.78, 5) is 63.3. The van der Waals surface area contributed by atoms with Gasteiger partial charge in [0.15, 0.2) is 18.2 Å². The average Bonchev–Trinajstić information content (AvgIpc) is 2.89. The summed E-state index contributed by atoms with van der Waals surface area (Å²) in [5, 5.41) is 5.24. The molecule has 3 aromatic rings. The molecule has 8 heteroatoms. The van der Waals surface area contributed by atoms with E-state index in [1.807, 2.05) is 6.92 Å². The number of anilines is 1. The minimum Gasteiger partial charge on any atom is -0.454 e. The molecular weight excluding hydrogens is 472 g/mol. The smallest absolute Gasteiger partial charge is 0.329 e. The molecule has 0 saturated heterocycles. The highest BCUT2D eigenvalue weighted by Gasteiger charge is 2.30. The topological polar surface area (TPSA) is 119 Å². The van der Waals surface area contributed by atoms with E-state index in [2.05, 4.69) is 10.6 Å². The number of esters is 1. The van der Waals surface area contributed by atoms with Crippen LogP contribution in [0.15, 0.2) is 66.7 Å². The highest BCUT2D eigenvalue weighted by Crippen LogP contribution is 2.29. The van der Waals surface area contributed by atoms with Gasteiger partial charge in [0.2, 0.25) is 0 Å². The van der Waals surface area contributed by atoms with Crippen LogP contribution in [0.25, 0.3) is 0 Å². The highest BCUT2D eigenvalue weighted by atomic mass is 16.5. The van der Waals surface area contributed by atoms with Crippen LogP contribution >= 0.6 is 0 Å². The number of hydrogen-bond acceptors (Lipinski definition) is 6. The van der Waals surface area contributed by atoms with Gasteiger partial charge >= 0.3 is 5.97 Å². The van der Waals surface area contributed by atoms with Gasteiger partial charge in [-0.3, -0.25) is 19.2 Å². The molecule has 0 radical (unpaired) electrons. The highest BCUT2D eigenvalue weighted by molar-refractivity contribution is 6.28. The summed E-state index contributed by atoms with van der Waals surface area (Å²) in [5.74, 6) is -2.64. The Bertz CT molecular complexity index is 1410. The number of benzene rings is 3. The van der Waals surface area contributed by atoms with E-state index >= 15 is 0 Å². The Morgan fingerprint density at radius 2 is 1.41 bits per heavy atom. The molecule has 4 rings (SSSR count). The summed E-state index contributed by atoms with van der Waals surface area (Å²) in [6.45, 7) is 4.83. The molecule has 0 fully saturated rings. The first kappa shape index (κ1) is 25.5. The lowest BCUT2D eigenvalue weighted by Crippen LogP contribution is -2.45. The number of fused-ring (bicyclic) bond motifs is 2. The number of aryl methyl sites for hydroxylation is 1. The monoisotopic (exact) mass is 498 g/mol. The van der Waals surface area contributed by atoms with Crippen molar-refractivity contribution >= 4 is 35.0 Å². The third kappa shape index (κ3) is 5.48. The largest absolute Gasteiger partial charge is 0.454 e. The molecule has 1 aliphatic carbocycles. The van der Waals surface area contributed by atoms with Crippen LogP contribution in [0.4, 0.5) is 5.69 Å². The van der Waals surface area contributed by atoms with Crippen molar-refractivity contribution in [2.45, 2.75) is 26.8 Å². The molecule has 37 heavy (non-hydrogen) atoms. The summed E-state index contributed by atoms with van der Waals surface area (Å²) in [6.07, 6.45) is 0. The maximum atomic E-state index is 12.9. The van der Waals surface area contributed by atoms with Crippen molar-refractivity contribution in [3.63, 3.8) is 0 Å². The van der Waals surface area contributed by atoms with Crippen LogP contribution in [-0.2, 0) is 14.3 Å². The summed E-state index contributed by atoms with van der Waals surface area (Å²) in [6, 6.07) is 17.0. The lowest BCUT2D eigenvalue weighted by molar-refractivity contribution is -0.150. The van der Waals surface area contributed by atoms with Crippen molar-refractivity contribution in [2.24, 2.45) is 5.92 Å². The maximum Gasteiger partial charge on any atom is 0.329 e. The van der Waals surface area contributed by atoms with Crippen molar-refractivity contribution in [2.75, 3.05) is 11.9 Å². The van der Waals surface area contributed by atoms with Gasteiger partial charge in [-0.15, -0.1) is 0 Å². The SMILES string of the molecule is Cc1ccc(C(=O)N[C@H](C(=O)OCC(=O)Nc2ccc3c(c2)C(=O)c2ccccc2C3=O)C(C)C)cc1. The fourth-order valence-corrected chi connectivity index (χ4v) is 4.03. The minimum absolute atomic E-state index is 0.192. The molecule has 1 atom stereocenters. The standard InChI is InChI=1S/C29H26N2O6/c1-16(2)25(31-28(35)18-10-8-17(3)9-11-18)29(36)37-15-24(32)30-19-12-13-22-23(14-19)27(34)21-7-5-4-6-20(21)26(22)33/h4-14,16,25H,15H2,1-3H3,(H,30,32)(H,31,35)/t25-/m0/s1. The van der Waals surface area contributed by atoms with Crippen molar-refractivity contribution < 1.29 is 28.7 Å². The molecule has 0 saturated carbocycles. The van der Waals surface area contributed by atoms with Gasteiger partial charge in [-0.2, -0.15) is 0 Å². The van der Waals surface area contributed by atoms with Crippen LogP contribution in [-0.4, -0.2) is 42.0 Å². The average molecular weight is 499 g/mol. The third-order valence-corrected chi connectivity index (χ3v) is 6.08. The zero-order valence-corrected chi connectivity index (χ0v) is 20.7. The van der Waals surface area contributed by atoms with Gasteiger partial charge in [0, 0.05) is 33.5 Å². The first-order valence-corrected chi connectivity index (χ1v) is 11.8. The molecule has 0 aliphatic heterocycles. The molecule has 8 nitrogen and oxygen atoms in total. The second-order valence-electron chi connectivity index (χ2n) is 9.18. The lowest BCUT2D eigenvalue weighted by Gasteiger charge is -2.21. The Morgan fingerprint density at radius 1 is 0.811 bits per heavy atom. The molecule has 1 aliphatic rings. The van der Waals surface area contributed by atoms with Gasteiger partial charge in [0.25, 0.3) is 11.8 Å². The maximum absolute atomic E-state index is 12.9. The Hall–Kier alpha value is -4.59. The molecule has 2 N–H and O–H groups in total. The predicted octanol–water partition coefficient (Wildman–Crippen LogP) is 3.71. The first-order chi connectivity index (χ1) is 17.7. The number of nitrogens with one attached hydrogen (secondary N) is 2. The van der Waals surface area contributed by atoms with Crippen LogP contribution in [0, 0.1) is 12.8 Å². The van der Waals surface area contributed by atoms with Gasteiger partial charge in [-0.05, 0) is 43.2 Å². The number of rotatable bonds is 7. The van der Waals surface area contributed by atoms with Crippen LogP contribution < -0.4 is 10.6 Å². The van der Waals surface area contributed by atoms with E-state index in [1.165, 1.54) is 18.2 Å². The van der Waals surface area contributed by atoms with Crippen molar-refractivity contribution in [1.29, 1.82) is 0 Å². The number of carbonyl (C=O) groups excluding carboxylic acids is 5. The second kappa shape index (κ2) is 10.6. The number of ether oxygens (including phenoxy) is 1. The Labute approximate surface area is 214 Å². The molecule has 188 valence electrons. The van der Waals surface area contributed by atoms with Gasteiger partial charge in [-0.1, -0.05) is 55.8 Å². The first-order valence-electron chi connectivity index (χ1n) is 11.8. The van der Waals surface area contributed by atoms with Gasteiger partial charge in [0.05, 0.1) is 0 Å². The number of carbonyl (C=O) groups is 5. The summed E-state index contributed by atoms with van der Waals surface area (Å²) >= 11 is 0. The Balaban J connectivity index is 1.38. The number of ketones is 2. The van der Waals surface area contributed by atoms with E-state index in [0.717, 1.165) is 5.56 Å². The van der Waals surface area contributed by atoms with Crippen LogP contribution in [0.1, 0.15) is 61.6 Å². The van der Waals surface area contributed by atoms with Crippen molar-refractivity contribution in [3.05, 3.63) is 100 Å². The van der Waals surface area contributed by atoms with E-state index < -0.39 is 30.4 Å². The predicted molar refractivity (Wildman–Crippen MR) is 137 cm³/mol. The van der Waals surface area contributed by atoms with Crippen LogP contribution in [0.3, 0.4) is 0 Å². The van der Waals surface area contributed by atoms with Gasteiger partial charge in [-0.25, -0.2) is 4.79 Å². The fourth-order valence-electron chi connectivity index (χ4n) is 4.03. The summed E-state index contributed by atoms with van der Waals surface area (Å²) in [5.41, 5.74) is 2.80. The second-order valence-corrected chi connectivity index (χ2v) is 9.18. The minimum atomic E-state index is -0.950. The molecule has 0 bridgehead atoms. The molecular formula is C29H26N2O6. The van der Waals surface area contributed by atoms with E-state index in [-0.39, 0.29) is 34.3 Å². The van der Waals surface area contributed by atoms with Crippen LogP contribution in [0.5, 0.6) is 0 Å². The van der Waals surface area contributed by atoms with Crippen molar-refractivity contribution in [3.8, 4) is 0 Å². The normalized spacial score (nSPS) is 12.9. The summed E-state index contributed by atoms with van der Waals surface area (Å²) < 4.78 is 5.17. The Kier molecular flexibility index (Phi) is 7.29. The van der Waals surface area contributed by atoms with E-state index in [9.17, 15) is 24.0 Å². The van der Waals surface area contributed by atoms with Gasteiger partial charge in [0.1, 0.15) is 6.04 Å². The van der Waals surface area contributed by atoms with E-state index in [1.54, 1.807) is 62.4 Å². The Morgan fingerprint density at radius 3 is 2.03 bits per heavy atom. The van der Waals surface area contributed by atoms with Gasteiger partial charge < -0.3 is 15.4 Å². The molecule has 0 spiro atoms. The van der Waals surface area contributed by atoms with Crippen molar-refractivity contribution in [1.82, 2.24) is 5.32 Å². The summed E-state index contributed by atoms with van der Waals surface area (Å²) in [7, 11) is 0. The zero-order valence-electron chi connectivity index (χ0n) is 20.7. The lowest BCUT2D eigenvalue weighted by atomic mass is 9.84. The molecule has 0 heterocycles. The molecule has 0 aromatic heterocycles. The number of amides is 2. The number of hydrogen-bond donors (Lipinski definition) is 2. The fraction of sp³-hybridized carbons (Fsp3) is 0.207. The van der Waals surface area contributed by atoms with E-state index in [0.29, 0.717) is 16.7 Å². The quantitative estimate of drug-likeness (QED) is 0.375. The molecule has 2 amide bonds. The zero-order chi connectivity index (χ0) is 26.7. The molecule has 3 aromatic carbocycles. The van der Waals surface area contributed by atoms with Crippen LogP contribution in [0.2, 0.25) is 0 Å². The van der Waals surface area contributed by atoms with E-state index in [4.69, 9.17) is 4.74 Å². The third-order valence-electron chi connectivity index (χ3n) is 6.08.